The molecular weight excluding hydrogens is 512 g/mol. The van der Waals surface area contributed by atoms with Crippen molar-refractivity contribution in [2.45, 2.75) is 65.2 Å². The highest BCUT2D eigenvalue weighted by molar-refractivity contribution is 7.16. The Bertz CT molecular complexity index is 1410. The average molecular weight is 551 g/mol. The first-order chi connectivity index (χ1) is 18.7. The van der Waals surface area contributed by atoms with E-state index in [2.05, 4.69) is 46.8 Å². The van der Waals surface area contributed by atoms with Crippen LogP contribution in [0.15, 0.2) is 48.0 Å². The molecule has 9 heteroatoms. The molecule has 0 bridgehead atoms. The number of likely N-dealkylation sites (tertiary alicyclic amines) is 1. The summed E-state index contributed by atoms with van der Waals surface area (Å²) in [7, 11) is 2.10. The van der Waals surface area contributed by atoms with Crippen molar-refractivity contribution >= 4 is 27.6 Å². The van der Waals surface area contributed by atoms with Crippen LogP contribution in [-0.4, -0.2) is 56.5 Å². The molecule has 0 atom stereocenters. The lowest BCUT2D eigenvalue weighted by Gasteiger charge is -2.33. The average Bonchev–Trinajstić information content (AvgIpc) is 3.61. The van der Waals surface area contributed by atoms with Crippen molar-refractivity contribution in [3.8, 4) is 23.0 Å². The van der Waals surface area contributed by atoms with Crippen LogP contribution in [0.2, 0.25) is 0 Å². The molecule has 1 aromatic carbocycles. The Labute approximate surface area is 234 Å². The minimum Gasteiger partial charge on any atom is -0.492 e. The monoisotopic (exact) mass is 550 g/mol. The molecule has 1 amide bonds. The molecule has 0 spiro atoms. The number of thiophene rings is 1. The van der Waals surface area contributed by atoms with Crippen LogP contribution >= 0.6 is 11.3 Å². The van der Waals surface area contributed by atoms with Gasteiger partial charge >= 0.3 is 6.09 Å². The van der Waals surface area contributed by atoms with Crippen LogP contribution in [0.3, 0.4) is 0 Å². The van der Waals surface area contributed by atoms with E-state index < -0.39 is 5.60 Å². The molecule has 1 saturated heterocycles. The zero-order valence-electron chi connectivity index (χ0n) is 23.5. The summed E-state index contributed by atoms with van der Waals surface area (Å²) in [6.45, 7) is 10.3. The van der Waals surface area contributed by atoms with E-state index in [4.69, 9.17) is 19.2 Å². The first-order valence-electron chi connectivity index (χ1n) is 13.7. The summed E-state index contributed by atoms with van der Waals surface area (Å²) >= 11 is 1.75. The van der Waals surface area contributed by atoms with Crippen molar-refractivity contribution in [1.82, 2.24) is 19.0 Å². The fourth-order valence-electron chi connectivity index (χ4n) is 4.83. The zero-order valence-corrected chi connectivity index (χ0v) is 24.3. The van der Waals surface area contributed by atoms with Gasteiger partial charge in [0.15, 0.2) is 5.82 Å². The normalized spacial score (nSPS) is 14.6. The maximum Gasteiger partial charge on any atom is 0.410 e. The van der Waals surface area contributed by atoms with Crippen LogP contribution in [0.4, 0.5) is 4.79 Å². The second-order valence-corrected chi connectivity index (χ2v) is 11.9. The summed E-state index contributed by atoms with van der Waals surface area (Å²) in [5.74, 6) is 2.59. The largest absolute Gasteiger partial charge is 0.492 e. The maximum atomic E-state index is 12.3. The fourth-order valence-corrected chi connectivity index (χ4v) is 5.69. The first-order valence-corrected chi connectivity index (χ1v) is 14.5. The lowest BCUT2D eigenvalue weighted by atomic mass is 10.1. The van der Waals surface area contributed by atoms with Crippen molar-refractivity contribution < 1.29 is 19.0 Å². The van der Waals surface area contributed by atoms with Crippen molar-refractivity contribution in [3.63, 3.8) is 0 Å². The van der Waals surface area contributed by atoms with Gasteiger partial charge in [-0.05, 0) is 69.0 Å². The van der Waals surface area contributed by atoms with Crippen LogP contribution in [-0.2, 0) is 24.8 Å². The predicted octanol–water partition coefficient (Wildman–Crippen LogP) is 6.52. The molecule has 0 unspecified atom stereocenters. The molecule has 1 aliphatic heterocycles. The Kier molecular flexibility index (Phi) is 7.88. The molecule has 1 aliphatic rings. The second kappa shape index (κ2) is 11.3. The Morgan fingerprint density at radius 1 is 1.10 bits per heavy atom. The highest BCUT2D eigenvalue weighted by atomic mass is 32.1. The smallest absolute Gasteiger partial charge is 0.410 e. The van der Waals surface area contributed by atoms with Gasteiger partial charge in [-0.2, -0.15) is 0 Å². The van der Waals surface area contributed by atoms with E-state index in [0.717, 1.165) is 48.0 Å². The van der Waals surface area contributed by atoms with Crippen molar-refractivity contribution in [2.75, 3.05) is 19.7 Å². The number of rotatable bonds is 8. The maximum absolute atomic E-state index is 12.3. The highest BCUT2D eigenvalue weighted by Crippen LogP contribution is 2.30. The van der Waals surface area contributed by atoms with E-state index in [1.54, 1.807) is 16.2 Å². The molecule has 4 aromatic rings. The summed E-state index contributed by atoms with van der Waals surface area (Å²) in [6, 6.07) is 12.2. The van der Waals surface area contributed by atoms with Gasteiger partial charge in [0, 0.05) is 44.6 Å². The van der Waals surface area contributed by atoms with Gasteiger partial charge in [-0.3, -0.25) is 0 Å². The van der Waals surface area contributed by atoms with Crippen LogP contribution < -0.4 is 9.47 Å². The van der Waals surface area contributed by atoms with Crippen LogP contribution in [0.1, 0.15) is 46.2 Å². The molecular formula is C30H38N4O4S. The summed E-state index contributed by atoms with van der Waals surface area (Å²) in [5.41, 5.74) is 1.72. The number of carbonyl (C=O) groups excluding carboxylic acids is 1. The van der Waals surface area contributed by atoms with E-state index in [1.165, 1.54) is 10.2 Å². The highest BCUT2D eigenvalue weighted by Gasteiger charge is 2.27. The SMILES string of the molecule is CCc1cn(CCOc2ccc(OC3CCN(C(=O)OC(C)(C)C)CC3)cc2)c(-c2cc3ccsc3n2C)n1. The zero-order chi connectivity index (χ0) is 27.6. The number of imidazole rings is 1. The standard InChI is InChI=1S/C30H38N4O4S/c1-6-22-20-34(27(31-22)26-19-21-13-18-39-28(21)32(26)5)16-17-36-23-7-9-24(10-8-23)37-25-11-14-33(15-12-25)29(35)38-30(2,3)4/h7-10,13,18-20,25H,6,11-12,14-17H2,1-5H3. The fraction of sp³-hybridized carbons (Fsp3) is 0.467. The number of hydrogen-bond donors (Lipinski definition) is 0. The number of amides is 1. The Morgan fingerprint density at radius 2 is 1.82 bits per heavy atom. The van der Waals surface area contributed by atoms with Crippen molar-refractivity contribution in [3.05, 3.63) is 53.7 Å². The molecule has 4 heterocycles. The summed E-state index contributed by atoms with van der Waals surface area (Å²) in [4.78, 5) is 20.2. The van der Waals surface area contributed by atoms with Crippen LogP contribution in [0.25, 0.3) is 21.7 Å². The Balaban J connectivity index is 1.13. The molecule has 8 nitrogen and oxygen atoms in total. The van der Waals surface area contributed by atoms with Gasteiger partial charge < -0.3 is 28.2 Å². The summed E-state index contributed by atoms with van der Waals surface area (Å²) in [6.07, 6.45) is 4.41. The molecule has 5 rings (SSSR count). The third-order valence-electron chi connectivity index (χ3n) is 6.87. The summed E-state index contributed by atoms with van der Waals surface area (Å²) < 4.78 is 22.1. The Hall–Kier alpha value is -3.46. The van der Waals surface area contributed by atoms with Crippen molar-refractivity contribution in [1.29, 1.82) is 0 Å². The second-order valence-electron chi connectivity index (χ2n) is 11.0. The van der Waals surface area contributed by atoms with E-state index >= 15 is 0 Å². The van der Waals surface area contributed by atoms with E-state index in [1.807, 2.05) is 45.0 Å². The van der Waals surface area contributed by atoms with E-state index in [9.17, 15) is 4.79 Å². The van der Waals surface area contributed by atoms with Crippen LogP contribution in [0.5, 0.6) is 11.5 Å². The molecule has 0 saturated carbocycles. The van der Waals surface area contributed by atoms with E-state index in [0.29, 0.717) is 26.2 Å². The summed E-state index contributed by atoms with van der Waals surface area (Å²) in [5, 5.41) is 3.37. The van der Waals surface area contributed by atoms with Gasteiger partial charge in [0.25, 0.3) is 0 Å². The first kappa shape index (κ1) is 27.1. The third-order valence-corrected chi connectivity index (χ3v) is 7.88. The van der Waals surface area contributed by atoms with Gasteiger partial charge in [-0.25, -0.2) is 9.78 Å². The molecule has 3 aromatic heterocycles. The lowest BCUT2D eigenvalue weighted by Crippen LogP contribution is -2.44. The number of hydrogen-bond acceptors (Lipinski definition) is 6. The molecule has 208 valence electrons. The van der Waals surface area contributed by atoms with E-state index in [-0.39, 0.29) is 12.2 Å². The number of ether oxygens (including phenoxy) is 3. The number of aryl methyl sites for hydroxylation is 2. The van der Waals surface area contributed by atoms with Gasteiger partial charge in [0.05, 0.1) is 17.9 Å². The van der Waals surface area contributed by atoms with Crippen LogP contribution in [0, 0.1) is 0 Å². The molecule has 0 aliphatic carbocycles. The Morgan fingerprint density at radius 3 is 2.49 bits per heavy atom. The predicted molar refractivity (Wildman–Crippen MR) is 155 cm³/mol. The minimum atomic E-state index is -0.480. The number of nitrogens with zero attached hydrogens (tertiary/aromatic N) is 4. The van der Waals surface area contributed by atoms with Crippen molar-refractivity contribution in [2.24, 2.45) is 7.05 Å². The topological polar surface area (TPSA) is 70.8 Å². The molecule has 0 N–H and O–H groups in total. The number of benzene rings is 1. The minimum absolute atomic E-state index is 0.0793. The quantitative estimate of drug-likeness (QED) is 0.250. The number of carbonyl (C=O) groups is 1. The van der Waals surface area contributed by atoms with Gasteiger partial charge in [0.2, 0.25) is 0 Å². The third kappa shape index (κ3) is 6.41. The molecule has 1 fully saturated rings. The molecule has 0 radical (unpaired) electrons. The lowest BCUT2D eigenvalue weighted by molar-refractivity contribution is 0.0126. The molecule has 39 heavy (non-hydrogen) atoms. The number of fused-ring (bicyclic) bond motifs is 1. The number of piperidine rings is 1. The number of aromatic nitrogens is 3. The van der Waals surface area contributed by atoms with Gasteiger partial charge in [0.1, 0.15) is 34.6 Å². The van der Waals surface area contributed by atoms with Gasteiger partial charge in [-0.15, -0.1) is 11.3 Å². The van der Waals surface area contributed by atoms with Gasteiger partial charge in [-0.1, -0.05) is 6.92 Å².